The van der Waals surface area contributed by atoms with Crippen molar-refractivity contribution in [1.29, 1.82) is 0 Å². The van der Waals surface area contributed by atoms with Gasteiger partial charge < -0.3 is 4.90 Å². The molecule has 0 radical (unpaired) electrons. The van der Waals surface area contributed by atoms with Crippen LogP contribution in [0.2, 0.25) is 0 Å². The second-order valence-electron chi connectivity index (χ2n) is 4.52. The highest BCUT2D eigenvalue weighted by Gasteiger charge is 1.86. The second kappa shape index (κ2) is 11.8. The fourth-order valence-corrected chi connectivity index (χ4v) is 1.09. The number of allylic oxidation sites excluding steroid dienone is 4. The first-order valence-electron chi connectivity index (χ1n) is 5.51. The fourth-order valence-electron chi connectivity index (χ4n) is 0.822. The van der Waals surface area contributed by atoms with Crippen molar-refractivity contribution in [3.8, 4) is 0 Å². The summed E-state index contributed by atoms with van der Waals surface area (Å²) in [6, 6.07) is 0. The highest BCUT2D eigenvalue weighted by atomic mass is 35.5. The number of hydrogen-bond acceptors (Lipinski definition) is 0. The maximum atomic E-state index is 5.55. The molecule has 15 heavy (non-hydrogen) atoms. The van der Waals surface area contributed by atoms with Crippen LogP contribution >= 0.6 is 11.6 Å². The lowest BCUT2D eigenvalue weighted by Crippen LogP contribution is -3.02. The summed E-state index contributed by atoms with van der Waals surface area (Å²) >= 11 is 5.55. The van der Waals surface area contributed by atoms with Gasteiger partial charge >= 0.3 is 0 Å². The van der Waals surface area contributed by atoms with E-state index in [-0.39, 0.29) is 0 Å². The Morgan fingerprint density at radius 1 is 1.07 bits per heavy atom. The van der Waals surface area contributed by atoms with Crippen molar-refractivity contribution in [1.82, 2.24) is 0 Å². The molecule has 0 aromatic heterocycles. The summed E-state index contributed by atoms with van der Waals surface area (Å²) < 4.78 is 0. The first-order chi connectivity index (χ1) is 6.90. The van der Waals surface area contributed by atoms with Gasteiger partial charge in [0.1, 0.15) is 0 Å². The molecule has 0 aliphatic rings. The number of alkyl halides is 1. The highest BCUT2D eigenvalue weighted by molar-refractivity contribution is 6.18. The van der Waals surface area contributed by atoms with Crippen LogP contribution in [0.25, 0.3) is 0 Å². The Morgan fingerprint density at radius 2 is 1.53 bits per heavy atom. The largest absolute Gasteiger partial charge is 0.342 e. The molecule has 0 heterocycles. The minimum Gasteiger partial charge on any atom is -0.342 e. The zero-order valence-electron chi connectivity index (χ0n) is 11.2. The second-order valence-corrected chi connectivity index (χ2v) is 4.83. The van der Waals surface area contributed by atoms with Crippen LogP contribution in [-0.4, -0.2) is 27.0 Å². The third kappa shape index (κ3) is 24.8. The third-order valence-corrected chi connectivity index (χ3v) is 1.67. The standard InChI is InChI=1S/C10H17Cl.C3H9N/c1-9(2)5-4-6-10(3)7-8-11;1-4(2)3/h5,7H,4,6,8H2,1-3H3;1-3H3/p+1/b10-7+;. The van der Waals surface area contributed by atoms with Crippen molar-refractivity contribution in [2.75, 3.05) is 27.0 Å². The quantitative estimate of drug-likeness (QED) is 0.562. The van der Waals surface area contributed by atoms with Crippen molar-refractivity contribution in [2.45, 2.75) is 33.6 Å². The van der Waals surface area contributed by atoms with Gasteiger partial charge in [0, 0.05) is 5.88 Å². The van der Waals surface area contributed by atoms with E-state index in [1.54, 1.807) is 0 Å². The van der Waals surface area contributed by atoms with Crippen molar-refractivity contribution in [3.05, 3.63) is 23.3 Å². The average molecular weight is 233 g/mol. The van der Waals surface area contributed by atoms with Gasteiger partial charge in [-0.3, -0.25) is 0 Å². The predicted molar refractivity (Wildman–Crippen MR) is 71.9 cm³/mol. The van der Waals surface area contributed by atoms with Gasteiger partial charge in [-0.1, -0.05) is 23.3 Å². The van der Waals surface area contributed by atoms with E-state index in [0.717, 1.165) is 12.8 Å². The van der Waals surface area contributed by atoms with Crippen LogP contribution in [0.3, 0.4) is 0 Å². The Kier molecular flexibility index (Phi) is 13.5. The Hall–Kier alpha value is -0.270. The monoisotopic (exact) mass is 232 g/mol. The molecule has 0 aromatic rings. The summed E-state index contributed by atoms with van der Waals surface area (Å²) in [4.78, 5) is 1.42. The number of hydrogen-bond donors (Lipinski definition) is 1. The highest BCUT2D eigenvalue weighted by Crippen LogP contribution is 2.06. The van der Waals surface area contributed by atoms with Gasteiger partial charge in [0.05, 0.1) is 21.1 Å². The Labute approximate surface area is 101 Å². The van der Waals surface area contributed by atoms with Crippen LogP contribution in [0, 0.1) is 0 Å². The minimum atomic E-state index is 0.640. The molecule has 0 aliphatic heterocycles. The third-order valence-electron chi connectivity index (χ3n) is 1.52. The Morgan fingerprint density at radius 3 is 1.87 bits per heavy atom. The molecule has 0 fully saturated rings. The summed E-state index contributed by atoms with van der Waals surface area (Å²) in [7, 11) is 6.25. The number of quaternary nitrogens is 1. The van der Waals surface area contributed by atoms with Crippen LogP contribution < -0.4 is 4.90 Å². The molecule has 1 N–H and O–H groups in total. The molecule has 0 unspecified atom stereocenters. The maximum Gasteiger partial charge on any atom is 0.0661 e. The summed E-state index contributed by atoms with van der Waals surface area (Å²) in [6.07, 6.45) is 6.60. The molecule has 2 heteroatoms. The minimum absolute atomic E-state index is 0.640. The van der Waals surface area contributed by atoms with Crippen LogP contribution in [-0.2, 0) is 0 Å². The Balaban J connectivity index is 0. The lowest BCUT2D eigenvalue weighted by molar-refractivity contribution is -0.836. The van der Waals surface area contributed by atoms with Crippen LogP contribution in [0.1, 0.15) is 33.6 Å². The molecule has 1 nitrogen and oxygen atoms in total. The molecule has 0 amide bonds. The summed E-state index contributed by atoms with van der Waals surface area (Å²) in [6.45, 7) is 6.38. The van der Waals surface area contributed by atoms with Crippen LogP contribution in [0.15, 0.2) is 23.3 Å². The zero-order valence-corrected chi connectivity index (χ0v) is 11.9. The molecular formula is C13H27ClN+. The molecular weight excluding hydrogens is 206 g/mol. The first kappa shape index (κ1) is 17.1. The number of nitrogens with one attached hydrogen (secondary N) is 1. The smallest absolute Gasteiger partial charge is 0.0661 e. The van der Waals surface area contributed by atoms with E-state index in [2.05, 4.69) is 54.1 Å². The van der Waals surface area contributed by atoms with E-state index in [1.807, 2.05) is 0 Å². The SMILES string of the molecule is CC(C)=CCC/C(C)=C/CCl.C[NH+](C)C. The molecule has 0 rings (SSSR count). The fraction of sp³-hybridized carbons (Fsp3) is 0.692. The number of halogens is 1. The molecule has 0 spiro atoms. The van der Waals surface area contributed by atoms with E-state index < -0.39 is 0 Å². The molecule has 0 saturated carbocycles. The van der Waals surface area contributed by atoms with Crippen LogP contribution in [0.4, 0.5) is 0 Å². The van der Waals surface area contributed by atoms with Gasteiger partial charge in [-0.05, 0) is 33.6 Å². The molecule has 0 saturated heterocycles. The normalized spacial score (nSPS) is 10.8. The molecule has 0 atom stereocenters. The van der Waals surface area contributed by atoms with Gasteiger partial charge in [-0.2, -0.15) is 0 Å². The van der Waals surface area contributed by atoms with E-state index in [9.17, 15) is 0 Å². The van der Waals surface area contributed by atoms with E-state index in [4.69, 9.17) is 11.6 Å². The summed E-state index contributed by atoms with van der Waals surface area (Å²) in [5.41, 5.74) is 2.78. The summed E-state index contributed by atoms with van der Waals surface area (Å²) in [5.74, 6) is 0.640. The van der Waals surface area contributed by atoms with Gasteiger partial charge in [0.15, 0.2) is 0 Å². The van der Waals surface area contributed by atoms with Crippen molar-refractivity contribution in [2.24, 2.45) is 0 Å². The summed E-state index contributed by atoms with van der Waals surface area (Å²) in [5, 5.41) is 0. The van der Waals surface area contributed by atoms with E-state index in [0.29, 0.717) is 5.88 Å². The lowest BCUT2D eigenvalue weighted by atomic mass is 10.1. The zero-order chi connectivity index (χ0) is 12.3. The van der Waals surface area contributed by atoms with Gasteiger partial charge in [0.25, 0.3) is 0 Å². The van der Waals surface area contributed by atoms with E-state index in [1.165, 1.54) is 16.0 Å². The first-order valence-corrected chi connectivity index (χ1v) is 6.05. The van der Waals surface area contributed by atoms with Crippen LogP contribution in [0.5, 0.6) is 0 Å². The molecule has 0 aliphatic carbocycles. The Bertz CT molecular complexity index is 186. The van der Waals surface area contributed by atoms with Gasteiger partial charge in [-0.15, -0.1) is 11.6 Å². The topological polar surface area (TPSA) is 4.44 Å². The van der Waals surface area contributed by atoms with E-state index >= 15 is 0 Å². The van der Waals surface area contributed by atoms with Crippen molar-refractivity contribution < 1.29 is 4.90 Å². The van der Waals surface area contributed by atoms with Crippen molar-refractivity contribution in [3.63, 3.8) is 0 Å². The van der Waals surface area contributed by atoms with Gasteiger partial charge in [0.2, 0.25) is 0 Å². The lowest BCUT2D eigenvalue weighted by Gasteiger charge is -1.96. The van der Waals surface area contributed by atoms with Gasteiger partial charge in [-0.25, -0.2) is 0 Å². The predicted octanol–water partition coefficient (Wildman–Crippen LogP) is 2.68. The van der Waals surface area contributed by atoms with Crippen molar-refractivity contribution >= 4 is 11.6 Å². The maximum absolute atomic E-state index is 5.55. The molecule has 0 bridgehead atoms. The average Bonchev–Trinajstić information content (AvgIpc) is 2.02. The number of rotatable bonds is 4. The molecule has 90 valence electrons. The molecule has 0 aromatic carbocycles.